The van der Waals surface area contributed by atoms with Crippen LogP contribution in [0.5, 0.6) is 0 Å². The van der Waals surface area contributed by atoms with Crippen molar-refractivity contribution in [3.8, 4) is 0 Å². The Hall–Kier alpha value is -2.11. The van der Waals surface area contributed by atoms with Gasteiger partial charge in [-0.2, -0.15) is 13.2 Å². The molecule has 6 nitrogen and oxygen atoms in total. The Morgan fingerprint density at radius 2 is 1.65 bits per heavy atom. The summed E-state index contributed by atoms with van der Waals surface area (Å²) in [6, 6.07) is 8.20. The summed E-state index contributed by atoms with van der Waals surface area (Å²) in [6.07, 6.45) is -4.75. The molecule has 2 heterocycles. The van der Waals surface area contributed by atoms with E-state index in [0.717, 1.165) is 43.9 Å². The number of piperazine rings is 1. The van der Waals surface area contributed by atoms with Crippen LogP contribution >= 0.6 is 23.2 Å². The van der Waals surface area contributed by atoms with Crippen LogP contribution in [0, 0.1) is 5.82 Å². The highest BCUT2D eigenvalue weighted by molar-refractivity contribution is 6.42. The molecule has 2 atom stereocenters. The first kappa shape index (κ1) is 30.8. The van der Waals surface area contributed by atoms with Gasteiger partial charge in [0.1, 0.15) is 5.82 Å². The molecule has 12 heteroatoms. The molecule has 2 saturated heterocycles. The minimum atomic E-state index is -4.75. The van der Waals surface area contributed by atoms with Gasteiger partial charge < -0.3 is 14.7 Å². The van der Waals surface area contributed by atoms with Crippen molar-refractivity contribution in [1.29, 1.82) is 0 Å². The van der Waals surface area contributed by atoms with Crippen molar-refractivity contribution in [2.24, 2.45) is 0 Å². The van der Waals surface area contributed by atoms with Gasteiger partial charge in [-0.3, -0.25) is 9.80 Å². The van der Waals surface area contributed by atoms with Crippen LogP contribution in [0.4, 0.5) is 22.4 Å². The lowest BCUT2D eigenvalue weighted by Crippen LogP contribution is -2.53. The first-order chi connectivity index (χ1) is 18.8. The van der Waals surface area contributed by atoms with E-state index in [-0.39, 0.29) is 24.5 Å². The number of likely N-dealkylation sites (tertiary alicyclic amines) is 1. The zero-order chi connectivity index (χ0) is 29.2. The molecule has 2 aromatic rings. The lowest BCUT2D eigenvalue weighted by atomic mass is 9.93. The van der Waals surface area contributed by atoms with Gasteiger partial charge in [0, 0.05) is 70.9 Å². The fraction of sp³-hybridized carbons (Fsp3) is 0.536. The third-order valence-electron chi connectivity index (χ3n) is 7.77. The summed E-state index contributed by atoms with van der Waals surface area (Å²) in [5, 5.41) is 0.831. The number of amides is 2. The smallest absolute Gasteiger partial charge is 0.322 e. The molecule has 0 N–H and O–H groups in total. The van der Waals surface area contributed by atoms with Gasteiger partial charge in [-0.15, -0.1) is 0 Å². The van der Waals surface area contributed by atoms with Crippen LogP contribution in [0.2, 0.25) is 10.0 Å². The minimum Gasteiger partial charge on any atom is -0.322 e. The SMILES string of the molecule is CN(C)CCN1CCN(C(=O)N2C[C@H](c3ccc(Cl)c(Cl)c3)[C@@H](N(C)Cc3ccc(C(F)(F)F)c(F)c3)C2)CC1. The third kappa shape index (κ3) is 7.39. The van der Waals surface area contributed by atoms with Crippen molar-refractivity contribution < 1.29 is 22.4 Å². The Balaban J connectivity index is 1.49. The van der Waals surface area contributed by atoms with Crippen LogP contribution in [0.1, 0.15) is 22.6 Å². The predicted molar refractivity (Wildman–Crippen MR) is 149 cm³/mol. The van der Waals surface area contributed by atoms with Gasteiger partial charge in [0.2, 0.25) is 0 Å². The number of carbonyl (C=O) groups excluding carboxylic acids is 1. The number of hydrogen-bond donors (Lipinski definition) is 0. The van der Waals surface area contributed by atoms with E-state index in [9.17, 15) is 22.4 Å². The number of benzene rings is 2. The average molecular weight is 605 g/mol. The van der Waals surface area contributed by atoms with Crippen molar-refractivity contribution in [3.63, 3.8) is 0 Å². The molecule has 0 saturated carbocycles. The van der Waals surface area contributed by atoms with E-state index in [1.807, 2.05) is 41.9 Å². The van der Waals surface area contributed by atoms with Crippen LogP contribution in [-0.4, -0.2) is 110 Å². The van der Waals surface area contributed by atoms with Gasteiger partial charge in [-0.05, 0) is 56.5 Å². The van der Waals surface area contributed by atoms with Gasteiger partial charge in [-0.1, -0.05) is 35.3 Å². The second-order valence-corrected chi connectivity index (χ2v) is 11.7. The summed E-state index contributed by atoms with van der Waals surface area (Å²) in [7, 11) is 5.92. The van der Waals surface area contributed by atoms with E-state index in [2.05, 4.69) is 9.80 Å². The number of hydrogen-bond acceptors (Lipinski definition) is 4. The lowest BCUT2D eigenvalue weighted by Gasteiger charge is -2.37. The maximum absolute atomic E-state index is 14.3. The zero-order valence-corrected chi connectivity index (χ0v) is 24.4. The van der Waals surface area contributed by atoms with Crippen molar-refractivity contribution >= 4 is 29.2 Å². The van der Waals surface area contributed by atoms with Gasteiger partial charge >= 0.3 is 12.2 Å². The summed E-state index contributed by atoms with van der Waals surface area (Å²) in [5.74, 6) is -1.42. The molecular weight excluding hydrogens is 569 g/mol. The Morgan fingerprint density at radius 1 is 0.950 bits per heavy atom. The molecule has 0 aromatic heterocycles. The van der Waals surface area contributed by atoms with Gasteiger partial charge in [0.15, 0.2) is 0 Å². The Bertz CT molecular complexity index is 1190. The average Bonchev–Trinajstić information content (AvgIpc) is 3.34. The first-order valence-electron chi connectivity index (χ1n) is 13.2. The molecule has 0 aliphatic carbocycles. The van der Waals surface area contributed by atoms with Crippen LogP contribution in [0.3, 0.4) is 0 Å². The molecule has 40 heavy (non-hydrogen) atoms. The number of urea groups is 1. The molecule has 2 aliphatic heterocycles. The van der Waals surface area contributed by atoms with Crippen LogP contribution in [0.25, 0.3) is 0 Å². The summed E-state index contributed by atoms with van der Waals surface area (Å²) < 4.78 is 53.4. The quantitative estimate of drug-likeness (QED) is 0.400. The van der Waals surface area contributed by atoms with E-state index in [1.165, 1.54) is 6.07 Å². The van der Waals surface area contributed by atoms with E-state index in [1.54, 1.807) is 12.1 Å². The molecule has 2 aliphatic rings. The first-order valence-corrected chi connectivity index (χ1v) is 14.0. The molecule has 0 unspecified atom stereocenters. The van der Waals surface area contributed by atoms with Crippen molar-refractivity contribution in [3.05, 3.63) is 69.0 Å². The molecule has 220 valence electrons. The molecule has 2 amide bonds. The largest absolute Gasteiger partial charge is 0.419 e. The van der Waals surface area contributed by atoms with Crippen molar-refractivity contribution in [2.75, 3.05) is 73.5 Å². The van der Waals surface area contributed by atoms with Crippen molar-refractivity contribution in [1.82, 2.24) is 24.5 Å². The number of nitrogens with zero attached hydrogens (tertiary/aromatic N) is 5. The highest BCUT2D eigenvalue weighted by Crippen LogP contribution is 2.36. The molecule has 0 spiro atoms. The number of halogens is 6. The fourth-order valence-electron chi connectivity index (χ4n) is 5.46. The standard InChI is InChI=1S/C28H35Cl2F4N5O/c1-35(2)8-9-37-10-12-38(13-11-37)27(40)39-17-21(20-5-7-23(29)24(30)15-20)26(18-39)36(3)16-19-4-6-22(25(31)14-19)28(32,33)34/h4-7,14-15,21,26H,8-13,16-18H2,1-3H3/t21-,26+/m1/s1. The molecular formula is C28H35Cl2F4N5O. The lowest BCUT2D eigenvalue weighted by molar-refractivity contribution is -0.140. The highest BCUT2D eigenvalue weighted by Gasteiger charge is 2.40. The second kappa shape index (κ2) is 12.8. The molecule has 0 radical (unpaired) electrons. The molecule has 4 rings (SSSR count). The monoisotopic (exact) mass is 603 g/mol. The minimum absolute atomic E-state index is 0.0335. The number of carbonyl (C=O) groups is 1. The van der Waals surface area contributed by atoms with E-state index < -0.39 is 17.6 Å². The molecule has 2 fully saturated rings. The summed E-state index contributed by atoms with van der Waals surface area (Å²) in [4.78, 5) is 23.7. The predicted octanol–water partition coefficient (Wildman–Crippen LogP) is 5.35. The maximum atomic E-state index is 14.3. The van der Waals surface area contributed by atoms with Gasteiger partial charge in [0.05, 0.1) is 15.6 Å². The topological polar surface area (TPSA) is 33.3 Å². The molecule has 0 bridgehead atoms. The van der Waals surface area contributed by atoms with E-state index in [4.69, 9.17) is 23.2 Å². The Morgan fingerprint density at radius 3 is 2.25 bits per heavy atom. The zero-order valence-electron chi connectivity index (χ0n) is 22.9. The number of alkyl halides is 3. The van der Waals surface area contributed by atoms with Gasteiger partial charge in [0.25, 0.3) is 0 Å². The second-order valence-electron chi connectivity index (χ2n) is 10.9. The Kier molecular flexibility index (Phi) is 9.88. The summed E-state index contributed by atoms with van der Waals surface area (Å²) in [6.45, 7) is 5.91. The van der Waals surface area contributed by atoms with Crippen LogP contribution in [0.15, 0.2) is 36.4 Å². The number of likely N-dealkylation sites (N-methyl/N-ethyl adjacent to an activating group) is 2. The summed E-state index contributed by atoms with van der Waals surface area (Å²) in [5.41, 5.74) is 0.0419. The fourth-order valence-corrected chi connectivity index (χ4v) is 5.76. The van der Waals surface area contributed by atoms with E-state index >= 15 is 0 Å². The normalized spacial score (nSPS) is 20.7. The van der Waals surface area contributed by atoms with Crippen LogP contribution < -0.4 is 0 Å². The maximum Gasteiger partial charge on any atom is 0.419 e. The number of rotatable bonds is 7. The summed E-state index contributed by atoms with van der Waals surface area (Å²) >= 11 is 12.5. The third-order valence-corrected chi connectivity index (χ3v) is 8.51. The Labute approximate surface area is 243 Å². The molecule has 2 aromatic carbocycles. The van der Waals surface area contributed by atoms with Gasteiger partial charge in [-0.25, -0.2) is 9.18 Å². The van der Waals surface area contributed by atoms with Crippen molar-refractivity contribution in [2.45, 2.75) is 24.7 Å². The highest BCUT2D eigenvalue weighted by atomic mass is 35.5. The van der Waals surface area contributed by atoms with E-state index in [0.29, 0.717) is 41.8 Å². The van der Waals surface area contributed by atoms with Crippen LogP contribution in [-0.2, 0) is 12.7 Å².